The van der Waals surface area contributed by atoms with E-state index in [9.17, 15) is 5.11 Å². The molecule has 3 rings (SSSR count). The third kappa shape index (κ3) is 6.80. The zero-order valence-electron chi connectivity index (χ0n) is 18.7. The Morgan fingerprint density at radius 1 is 1.19 bits per heavy atom. The summed E-state index contributed by atoms with van der Waals surface area (Å²) in [6, 6.07) is 14.0. The van der Waals surface area contributed by atoms with Crippen molar-refractivity contribution in [3.05, 3.63) is 59.3 Å². The molecular formula is C26H34N2O3. The van der Waals surface area contributed by atoms with Gasteiger partial charge in [0, 0.05) is 50.7 Å². The molecule has 2 heterocycles. The van der Waals surface area contributed by atoms with Crippen LogP contribution in [0.5, 0.6) is 5.88 Å². The number of nitrogens with one attached hydrogen (secondary N) is 1. The van der Waals surface area contributed by atoms with E-state index in [0.29, 0.717) is 32.1 Å². The first-order valence-corrected chi connectivity index (χ1v) is 11.3. The molecule has 0 bridgehead atoms. The van der Waals surface area contributed by atoms with Crippen LogP contribution >= 0.6 is 0 Å². The number of hydrogen-bond acceptors (Lipinski definition) is 5. The Labute approximate surface area is 186 Å². The Balaban J connectivity index is 1.85. The summed E-state index contributed by atoms with van der Waals surface area (Å²) in [5.74, 6) is 7.24. The lowest BCUT2D eigenvalue weighted by Gasteiger charge is -2.36. The van der Waals surface area contributed by atoms with Gasteiger partial charge in [-0.05, 0) is 31.0 Å². The Morgan fingerprint density at radius 2 is 2.03 bits per heavy atom. The lowest BCUT2D eigenvalue weighted by atomic mass is 9.79. The summed E-state index contributed by atoms with van der Waals surface area (Å²) >= 11 is 0. The van der Waals surface area contributed by atoms with Gasteiger partial charge in [-0.25, -0.2) is 4.98 Å². The van der Waals surface area contributed by atoms with Crippen molar-refractivity contribution in [1.82, 2.24) is 10.3 Å². The van der Waals surface area contributed by atoms with Gasteiger partial charge >= 0.3 is 0 Å². The van der Waals surface area contributed by atoms with Crippen molar-refractivity contribution in [3.63, 3.8) is 0 Å². The molecule has 166 valence electrons. The van der Waals surface area contributed by atoms with Gasteiger partial charge in [0.25, 0.3) is 0 Å². The number of benzene rings is 1. The number of aromatic nitrogens is 1. The molecule has 2 N–H and O–H groups in total. The summed E-state index contributed by atoms with van der Waals surface area (Å²) in [7, 11) is 1.69. The van der Waals surface area contributed by atoms with Crippen LogP contribution < -0.4 is 10.1 Å². The van der Waals surface area contributed by atoms with E-state index in [4.69, 9.17) is 14.5 Å². The molecule has 31 heavy (non-hydrogen) atoms. The van der Waals surface area contributed by atoms with E-state index >= 15 is 0 Å². The minimum Gasteiger partial charge on any atom is -0.478 e. The first-order chi connectivity index (χ1) is 15.1. The first-order valence-electron chi connectivity index (χ1n) is 11.3. The second kappa shape index (κ2) is 11.9. The van der Waals surface area contributed by atoms with Crippen molar-refractivity contribution >= 4 is 0 Å². The van der Waals surface area contributed by atoms with Gasteiger partial charge in [-0.1, -0.05) is 55.5 Å². The molecule has 0 aliphatic carbocycles. The van der Waals surface area contributed by atoms with Crippen molar-refractivity contribution < 1.29 is 14.6 Å². The minimum absolute atomic E-state index is 0.195. The number of aliphatic hydroxyl groups is 1. The molecule has 1 saturated heterocycles. The first kappa shape index (κ1) is 23.3. The number of methoxy groups -OCH3 is 1. The van der Waals surface area contributed by atoms with Crippen LogP contribution in [0.3, 0.4) is 0 Å². The minimum atomic E-state index is -1.01. The topological polar surface area (TPSA) is 63.6 Å². The average molecular weight is 423 g/mol. The maximum atomic E-state index is 11.2. The van der Waals surface area contributed by atoms with Crippen LogP contribution in [-0.4, -0.2) is 49.1 Å². The molecular weight excluding hydrogens is 388 g/mol. The van der Waals surface area contributed by atoms with E-state index in [-0.39, 0.29) is 5.92 Å². The summed E-state index contributed by atoms with van der Waals surface area (Å²) in [6.45, 7) is 4.81. The van der Waals surface area contributed by atoms with E-state index in [0.717, 1.165) is 49.0 Å². The van der Waals surface area contributed by atoms with Crippen molar-refractivity contribution in [2.24, 2.45) is 5.92 Å². The second-order valence-corrected chi connectivity index (χ2v) is 8.13. The molecule has 1 fully saturated rings. The Kier molecular flexibility index (Phi) is 8.90. The maximum Gasteiger partial charge on any atom is 0.213 e. The van der Waals surface area contributed by atoms with Crippen LogP contribution in [0.2, 0.25) is 0 Å². The summed E-state index contributed by atoms with van der Waals surface area (Å²) in [4.78, 5) is 4.74. The highest BCUT2D eigenvalue weighted by Crippen LogP contribution is 2.28. The van der Waals surface area contributed by atoms with Gasteiger partial charge in [-0.15, -0.1) is 0 Å². The molecule has 1 aromatic carbocycles. The van der Waals surface area contributed by atoms with E-state index in [1.54, 1.807) is 7.11 Å². The number of β-amino-alcohol motifs (C(OH)–C–C–N with tert-alkyl or cyclic N) is 1. The summed E-state index contributed by atoms with van der Waals surface area (Å²) in [5.41, 5.74) is 1.86. The Hall–Kier alpha value is -2.39. The quantitative estimate of drug-likeness (QED) is 0.478. The molecule has 0 radical (unpaired) electrons. The Morgan fingerprint density at radius 3 is 2.81 bits per heavy atom. The molecule has 2 atom stereocenters. The zero-order chi connectivity index (χ0) is 21.9. The van der Waals surface area contributed by atoms with Gasteiger partial charge in [-0.3, -0.25) is 0 Å². The van der Waals surface area contributed by atoms with Crippen molar-refractivity contribution in [3.8, 4) is 17.7 Å². The normalized spacial score (nSPS) is 20.7. The fourth-order valence-electron chi connectivity index (χ4n) is 3.97. The van der Waals surface area contributed by atoms with Crippen LogP contribution in [0, 0.1) is 17.8 Å². The highest BCUT2D eigenvalue weighted by molar-refractivity contribution is 5.43. The van der Waals surface area contributed by atoms with Crippen LogP contribution in [-0.2, 0) is 11.2 Å². The van der Waals surface area contributed by atoms with Crippen molar-refractivity contribution in [2.45, 2.75) is 44.6 Å². The second-order valence-electron chi connectivity index (χ2n) is 8.13. The smallest absolute Gasteiger partial charge is 0.213 e. The average Bonchev–Trinajstić information content (AvgIpc) is 2.79. The summed E-state index contributed by atoms with van der Waals surface area (Å²) < 4.78 is 10.9. The molecule has 0 saturated carbocycles. The fourth-order valence-corrected chi connectivity index (χ4v) is 3.97. The SMILES string of the molecule is CCCC1CCNC[C@]1(O)C#Cc1ccc(OCCCOC)nc1Cc1ccccc1. The number of hydrogen-bond donors (Lipinski definition) is 2. The van der Waals surface area contributed by atoms with Gasteiger partial charge in [0.15, 0.2) is 0 Å². The predicted octanol–water partition coefficient (Wildman–Crippen LogP) is 3.58. The highest BCUT2D eigenvalue weighted by atomic mass is 16.5. The van der Waals surface area contributed by atoms with E-state index in [1.165, 1.54) is 0 Å². The molecule has 1 aliphatic heterocycles. The molecule has 0 spiro atoms. The lowest BCUT2D eigenvalue weighted by molar-refractivity contribution is 0.0124. The van der Waals surface area contributed by atoms with Crippen LogP contribution in [0.1, 0.15) is 49.4 Å². The van der Waals surface area contributed by atoms with Gasteiger partial charge < -0.3 is 19.9 Å². The summed E-state index contributed by atoms with van der Waals surface area (Å²) in [6.07, 6.45) is 4.45. The molecule has 1 aromatic heterocycles. The zero-order valence-corrected chi connectivity index (χ0v) is 18.7. The molecule has 5 heteroatoms. The van der Waals surface area contributed by atoms with Gasteiger partial charge in [-0.2, -0.15) is 0 Å². The number of piperidine rings is 1. The molecule has 1 unspecified atom stereocenters. The molecule has 2 aromatic rings. The van der Waals surface area contributed by atoms with Gasteiger partial charge in [0.05, 0.1) is 12.3 Å². The highest BCUT2D eigenvalue weighted by Gasteiger charge is 2.36. The number of ether oxygens (including phenoxy) is 2. The van der Waals surface area contributed by atoms with Gasteiger partial charge in [0.1, 0.15) is 5.60 Å². The molecule has 0 amide bonds. The van der Waals surface area contributed by atoms with Crippen LogP contribution in [0.4, 0.5) is 0 Å². The third-order valence-electron chi connectivity index (χ3n) is 5.70. The lowest BCUT2D eigenvalue weighted by Crippen LogP contribution is -2.51. The standard InChI is InChI=1S/C26H34N2O3/c1-3-8-23-14-16-27-20-26(23,29)15-13-22-11-12-25(31-18-7-17-30-2)28-24(22)19-21-9-5-4-6-10-21/h4-6,9-12,23,27,29H,3,7-8,14,16-20H2,1-2H3/t23?,26-/m1/s1. The largest absolute Gasteiger partial charge is 0.478 e. The van der Waals surface area contributed by atoms with E-state index in [2.05, 4.69) is 36.2 Å². The van der Waals surface area contributed by atoms with Gasteiger partial charge in [0.2, 0.25) is 5.88 Å². The fraction of sp³-hybridized carbons (Fsp3) is 0.500. The Bertz CT molecular complexity index is 873. The number of rotatable bonds is 9. The third-order valence-corrected chi connectivity index (χ3v) is 5.70. The number of pyridine rings is 1. The van der Waals surface area contributed by atoms with Crippen molar-refractivity contribution in [1.29, 1.82) is 0 Å². The summed E-state index contributed by atoms with van der Waals surface area (Å²) in [5, 5.41) is 14.5. The van der Waals surface area contributed by atoms with Crippen molar-refractivity contribution in [2.75, 3.05) is 33.4 Å². The molecule has 1 aliphatic rings. The molecule has 5 nitrogen and oxygen atoms in total. The van der Waals surface area contributed by atoms with E-state index in [1.807, 2.05) is 30.3 Å². The number of nitrogens with zero attached hydrogens (tertiary/aromatic N) is 1. The van der Waals surface area contributed by atoms with Crippen LogP contribution in [0.25, 0.3) is 0 Å². The predicted molar refractivity (Wildman–Crippen MR) is 123 cm³/mol. The maximum absolute atomic E-state index is 11.2. The van der Waals surface area contributed by atoms with E-state index < -0.39 is 5.60 Å². The van der Waals surface area contributed by atoms with Crippen LogP contribution in [0.15, 0.2) is 42.5 Å². The monoisotopic (exact) mass is 422 g/mol.